The second-order valence-electron chi connectivity index (χ2n) is 5.67. The minimum Gasteiger partial charge on any atom is -0.378 e. The second kappa shape index (κ2) is 7.92. The lowest BCUT2D eigenvalue weighted by molar-refractivity contribution is -0.134. The summed E-state index contributed by atoms with van der Waals surface area (Å²) in [4.78, 5) is 14.5. The van der Waals surface area contributed by atoms with E-state index >= 15 is 0 Å². The smallest absolute Gasteiger partial charge is 0.224 e. The molecule has 0 bridgehead atoms. The van der Waals surface area contributed by atoms with Crippen LogP contribution in [0, 0.1) is 0 Å². The summed E-state index contributed by atoms with van der Waals surface area (Å²) in [6, 6.07) is 8.44. The van der Waals surface area contributed by atoms with Crippen molar-refractivity contribution in [3.63, 3.8) is 0 Å². The summed E-state index contributed by atoms with van der Waals surface area (Å²) >= 11 is 3.43. The van der Waals surface area contributed by atoms with E-state index in [2.05, 4.69) is 47.2 Å². The Kier molecular flexibility index (Phi) is 6.21. The number of benzene rings is 1. The molecule has 2 rings (SSSR count). The fourth-order valence-corrected chi connectivity index (χ4v) is 2.69. The number of morpholine rings is 1. The highest BCUT2D eigenvalue weighted by Gasteiger charge is 2.22. The van der Waals surface area contributed by atoms with Gasteiger partial charge >= 0.3 is 0 Å². The zero-order valence-corrected chi connectivity index (χ0v) is 14.2. The number of hydrogen-bond donors (Lipinski definition) is 1. The number of halogens is 1. The van der Waals surface area contributed by atoms with Crippen LogP contribution in [-0.2, 0) is 16.1 Å². The average molecular weight is 355 g/mol. The topological polar surface area (TPSA) is 41.6 Å². The number of carbonyl (C=O) groups excluding carboxylic acids is 1. The standard InChI is InChI=1S/C16H23BrN2O2/c1-12(2)19(10-13-3-5-14(17)6-4-13)16(20)9-15-11-21-8-7-18-15/h3-6,12,15,18H,7-11H2,1-2H3. The van der Waals surface area contributed by atoms with E-state index in [4.69, 9.17) is 4.74 Å². The number of nitrogens with zero attached hydrogens (tertiary/aromatic N) is 1. The van der Waals surface area contributed by atoms with Crippen molar-refractivity contribution in [3.05, 3.63) is 34.3 Å². The number of rotatable bonds is 5. The summed E-state index contributed by atoms with van der Waals surface area (Å²) in [7, 11) is 0. The lowest BCUT2D eigenvalue weighted by Gasteiger charge is -2.30. The molecule has 0 aliphatic carbocycles. The van der Waals surface area contributed by atoms with Gasteiger partial charge in [0.25, 0.3) is 0 Å². The SMILES string of the molecule is CC(C)N(Cc1ccc(Br)cc1)C(=O)CC1COCCN1. The highest BCUT2D eigenvalue weighted by Crippen LogP contribution is 2.15. The van der Waals surface area contributed by atoms with Gasteiger partial charge in [-0.3, -0.25) is 4.79 Å². The third kappa shape index (κ3) is 5.09. The summed E-state index contributed by atoms with van der Waals surface area (Å²) in [6.45, 7) is 6.94. The lowest BCUT2D eigenvalue weighted by atomic mass is 10.1. The summed E-state index contributed by atoms with van der Waals surface area (Å²) in [5, 5.41) is 3.34. The maximum atomic E-state index is 12.5. The van der Waals surface area contributed by atoms with Crippen molar-refractivity contribution in [3.8, 4) is 0 Å². The molecule has 0 radical (unpaired) electrons. The molecule has 1 unspecified atom stereocenters. The molecule has 5 heteroatoms. The first-order valence-electron chi connectivity index (χ1n) is 7.41. The second-order valence-corrected chi connectivity index (χ2v) is 6.59. The van der Waals surface area contributed by atoms with Gasteiger partial charge in [-0.2, -0.15) is 0 Å². The number of ether oxygens (including phenoxy) is 1. The molecule has 1 saturated heterocycles. The van der Waals surface area contributed by atoms with E-state index in [9.17, 15) is 4.79 Å². The van der Waals surface area contributed by atoms with E-state index in [1.165, 1.54) is 0 Å². The van der Waals surface area contributed by atoms with E-state index < -0.39 is 0 Å². The van der Waals surface area contributed by atoms with Crippen LogP contribution in [-0.4, -0.2) is 42.6 Å². The molecule has 1 aliphatic rings. The Bertz CT molecular complexity index is 456. The third-order valence-corrected chi connectivity index (χ3v) is 4.16. The Morgan fingerprint density at radius 2 is 2.14 bits per heavy atom. The Balaban J connectivity index is 1.96. The van der Waals surface area contributed by atoms with E-state index in [1.54, 1.807) is 0 Å². The summed E-state index contributed by atoms with van der Waals surface area (Å²) in [6.07, 6.45) is 0.495. The molecule has 1 N–H and O–H groups in total. The molecule has 0 aromatic heterocycles. The zero-order chi connectivity index (χ0) is 15.2. The van der Waals surface area contributed by atoms with E-state index in [1.807, 2.05) is 17.0 Å². The molecule has 1 fully saturated rings. The molecule has 1 amide bonds. The first kappa shape index (κ1) is 16.5. The van der Waals surface area contributed by atoms with Crippen molar-refractivity contribution in [1.82, 2.24) is 10.2 Å². The van der Waals surface area contributed by atoms with Crippen LogP contribution in [0.15, 0.2) is 28.7 Å². The minimum absolute atomic E-state index is 0.136. The Morgan fingerprint density at radius 1 is 1.43 bits per heavy atom. The van der Waals surface area contributed by atoms with Crippen LogP contribution in [0.5, 0.6) is 0 Å². The van der Waals surface area contributed by atoms with Gasteiger partial charge in [-0.15, -0.1) is 0 Å². The van der Waals surface area contributed by atoms with Gasteiger partial charge in [0.2, 0.25) is 5.91 Å². The van der Waals surface area contributed by atoms with E-state index in [0.29, 0.717) is 19.6 Å². The lowest BCUT2D eigenvalue weighted by Crippen LogP contribution is -2.46. The fraction of sp³-hybridized carbons (Fsp3) is 0.562. The Hall–Kier alpha value is -0.910. The first-order valence-corrected chi connectivity index (χ1v) is 8.20. The maximum absolute atomic E-state index is 12.5. The van der Waals surface area contributed by atoms with Crippen molar-refractivity contribution < 1.29 is 9.53 Å². The van der Waals surface area contributed by atoms with Gasteiger partial charge in [-0.1, -0.05) is 28.1 Å². The summed E-state index contributed by atoms with van der Waals surface area (Å²) in [5.41, 5.74) is 1.15. The number of hydrogen-bond acceptors (Lipinski definition) is 3. The normalized spacial score (nSPS) is 18.8. The van der Waals surface area contributed by atoms with Gasteiger partial charge < -0.3 is 15.0 Å². The van der Waals surface area contributed by atoms with Gasteiger partial charge in [-0.25, -0.2) is 0 Å². The van der Waals surface area contributed by atoms with Crippen LogP contribution in [0.1, 0.15) is 25.8 Å². The van der Waals surface area contributed by atoms with Gasteiger partial charge in [0.15, 0.2) is 0 Å². The number of amides is 1. The van der Waals surface area contributed by atoms with Crippen molar-refractivity contribution in [1.29, 1.82) is 0 Å². The van der Waals surface area contributed by atoms with Crippen molar-refractivity contribution in [2.75, 3.05) is 19.8 Å². The molecule has 0 saturated carbocycles. The van der Waals surface area contributed by atoms with Crippen LogP contribution in [0.25, 0.3) is 0 Å². The predicted molar refractivity (Wildman–Crippen MR) is 87.1 cm³/mol. The summed E-state index contributed by atoms with van der Waals surface area (Å²) in [5.74, 6) is 0.177. The third-order valence-electron chi connectivity index (χ3n) is 3.63. The van der Waals surface area contributed by atoms with Crippen LogP contribution >= 0.6 is 15.9 Å². The molecule has 1 aromatic carbocycles. The van der Waals surface area contributed by atoms with Gasteiger partial charge in [-0.05, 0) is 31.5 Å². The largest absolute Gasteiger partial charge is 0.378 e. The predicted octanol–water partition coefficient (Wildman–Crippen LogP) is 2.56. The summed E-state index contributed by atoms with van der Waals surface area (Å²) < 4.78 is 6.47. The minimum atomic E-state index is 0.136. The number of carbonyl (C=O) groups is 1. The maximum Gasteiger partial charge on any atom is 0.224 e. The zero-order valence-electron chi connectivity index (χ0n) is 12.6. The average Bonchev–Trinajstić information content (AvgIpc) is 2.47. The van der Waals surface area contributed by atoms with Crippen LogP contribution in [0.4, 0.5) is 0 Å². The Morgan fingerprint density at radius 3 is 2.71 bits per heavy atom. The van der Waals surface area contributed by atoms with E-state index in [-0.39, 0.29) is 18.0 Å². The van der Waals surface area contributed by atoms with Crippen molar-refractivity contribution in [2.45, 2.75) is 38.9 Å². The molecule has 0 spiro atoms. The quantitative estimate of drug-likeness (QED) is 0.883. The molecule has 1 atom stereocenters. The molecule has 21 heavy (non-hydrogen) atoms. The fourth-order valence-electron chi connectivity index (χ4n) is 2.42. The molecule has 1 heterocycles. The molecule has 4 nitrogen and oxygen atoms in total. The monoisotopic (exact) mass is 354 g/mol. The van der Waals surface area contributed by atoms with Gasteiger partial charge in [0.1, 0.15) is 0 Å². The highest BCUT2D eigenvalue weighted by molar-refractivity contribution is 9.10. The van der Waals surface area contributed by atoms with E-state index in [0.717, 1.165) is 23.2 Å². The number of nitrogens with one attached hydrogen (secondary N) is 1. The molecule has 1 aliphatic heterocycles. The van der Waals surface area contributed by atoms with Gasteiger partial charge in [0, 0.05) is 36.1 Å². The van der Waals surface area contributed by atoms with Gasteiger partial charge in [0.05, 0.1) is 13.2 Å². The molecular formula is C16H23BrN2O2. The molecule has 1 aromatic rings. The Labute approximate surface area is 135 Å². The van der Waals surface area contributed by atoms with Crippen LogP contribution in [0.3, 0.4) is 0 Å². The van der Waals surface area contributed by atoms with Crippen molar-refractivity contribution in [2.24, 2.45) is 0 Å². The molecule has 116 valence electrons. The van der Waals surface area contributed by atoms with Crippen LogP contribution in [0.2, 0.25) is 0 Å². The van der Waals surface area contributed by atoms with Crippen molar-refractivity contribution >= 4 is 21.8 Å². The molecular weight excluding hydrogens is 332 g/mol. The van der Waals surface area contributed by atoms with Crippen LogP contribution < -0.4 is 5.32 Å². The highest BCUT2D eigenvalue weighted by atomic mass is 79.9. The first-order chi connectivity index (χ1) is 10.1.